The van der Waals surface area contributed by atoms with E-state index in [9.17, 15) is 4.79 Å². The molecule has 16 heavy (non-hydrogen) atoms. The summed E-state index contributed by atoms with van der Waals surface area (Å²) in [6.45, 7) is 6.80. The summed E-state index contributed by atoms with van der Waals surface area (Å²) in [5, 5.41) is 0. The van der Waals surface area contributed by atoms with E-state index >= 15 is 0 Å². The maximum Gasteiger partial charge on any atom is 0.236 e. The number of hydrogen-bond donors (Lipinski definition) is 3. The summed E-state index contributed by atoms with van der Waals surface area (Å²) in [6.07, 6.45) is 2.71. The van der Waals surface area contributed by atoms with Gasteiger partial charge in [0.25, 0.3) is 0 Å². The topological polar surface area (TPSA) is 98.4 Å². The molecule has 5 heteroatoms. The number of amides is 1. The molecule has 0 saturated carbocycles. The fourth-order valence-corrected chi connectivity index (χ4v) is 1.22. The van der Waals surface area contributed by atoms with Crippen LogP contribution in [0.5, 0.6) is 0 Å². The Morgan fingerprint density at radius 1 is 0.938 bits per heavy atom. The zero-order valence-electron chi connectivity index (χ0n) is 10.7. The molecule has 0 heterocycles. The standard InChI is InChI=1S/C9H22N4O.C2H6/c10-4-1-2-6-13(7-3-5-11)9(14)8-12;1-2/h1-8,10-12H2;1-2H3. The highest BCUT2D eigenvalue weighted by Gasteiger charge is 2.09. The molecule has 0 bridgehead atoms. The van der Waals surface area contributed by atoms with Crippen LogP contribution < -0.4 is 17.2 Å². The van der Waals surface area contributed by atoms with Crippen LogP contribution in [0.3, 0.4) is 0 Å². The maximum absolute atomic E-state index is 11.3. The highest BCUT2D eigenvalue weighted by Crippen LogP contribution is 1.96. The van der Waals surface area contributed by atoms with Crippen molar-refractivity contribution in [3.8, 4) is 0 Å². The number of carbonyl (C=O) groups excluding carboxylic acids is 1. The number of nitrogens with zero attached hydrogens (tertiary/aromatic N) is 1. The molecule has 0 aliphatic heterocycles. The molecule has 0 saturated heterocycles. The lowest BCUT2D eigenvalue weighted by molar-refractivity contribution is -0.129. The van der Waals surface area contributed by atoms with Crippen molar-refractivity contribution >= 4 is 5.91 Å². The number of rotatable bonds is 8. The van der Waals surface area contributed by atoms with E-state index in [0.717, 1.165) is 25.8 Å². The molecule has 0 radical (unpaired) electrons. The summed E-state index contributed by atoms with van der Waals surface area (Å²) in [4.78, 5) is 13.1. The first-order chi connectivity index (χ1) is 7.76. The van der Waals surface area contributed by atoms with Gasteiger partial charge in [0.1, 0.15) is 0 Å². The third kappa shape index (κ3) is 9.89. The third-order valence-electron chi connectivity index (χ3n) is 2.04. The fraction of sp³-hybridized carbons (Fsp3) is 0.909. The molecule has 0 atom stereocenters. The van der Waals surface area contributed by atoms with E-state index in [0.29, 0.717) is 19.6 Å². The summed E-state index contributed by atoms with van der Waals surface area (Å²) in [5.41, 5.74) is 16.1. The van der Waals surface area contributed by atoms with Crippen molar-refractivity contribution in [3.05, 3.63) is 0 Å². The summed E-state index contributed by atoms with van der Waals surface area (Å²) in [7, 11) is 0. The van der Waals surface area contributed by atoms with Crippen molar-refractivity contribution in [2.45, 2.75) is 33.1 Å². The van der Waals surface area contributed by atoms with Gasteiger partial charge in [-0.05, 0) is 32.4 Å². The molecule has 1 amide bonds. The van der Waals surface area contributed by atoms with Crippen molar-refractivity contribution < 1.29 is 4.79 Å². The average molecular weight is 232 g/mol. The minimum Gasteiger partial charge on any atom is -0.342 e. The first-order valence-electron chi connectivity index (χ1n) is 6.14. The molecule has 0 aliphatic carbocycles. The second-order valence-corrected chi connectivity index (χ2v) is 3.22. The van der Waals surface area contributed by atoms with E-state index in [4.69, 9.17) is 17.2 Å². The van der Waals surface area contributed by atoms with Crippen LogP contribution in [0.4, 0.5) is 0 Å². The van der Waals surface area contributed by atoms with Gasteiger partial charge in [0.15, 0.2) is 0 Å². The van der Waals surface area contributed by atoms with E-state index in [2.05, 4.69) is 0 Å². The molecule has 6 N–H and O–H groups in total. The second kappa shape index (κ2) is 14.3. The van der Waals surface area contributed by atoms with Gasteiger partial charge in [0.05, 0.1) is 6.54 Å². The fourth-order valence-electron chi connectivity index (χ4n) is 1.22. The SMILES string of the molecule is CC.NCCCCN(CCCN)C(=O)CN. The third-order valence-corrected chi connectivity index (χ3v) is 2.04. The van der Waals surface area contributed by atoms with Crippen LogP contribution in [0, 0.1) is 0 Å². The second-order valence-electron chi connectivity index (χ2n) is 3.22. The lowest BCUT2D eigenvalue weighted by Gasteiger charge is -2.21. The molecule has 0 aromatic heterocycles. The number of carbonyl (C=O) groups is 1. The lowest BCUT2D eigenvalue weighted by atomic mass is 10.2. The number of unbranched alkanes of at least 4 members (excludes halogenated alkanes) is 1. The van der Waals surface area contributed by atoms with Crippen LogP contribution in [0.25, 0.3) is 0 Å². The molecule has 0 aromatic rings. The monoisotopic (exact) mass is 232 g/mol. The minimum absolute atomic E-state index is 0.00419. The van der Waals surface area contributed by atoms with E-state index in [-0.39, 0.29) is 12.5 Å². The Morgan fingerprint density at radius 2 is 1.44 bits per heavy atom. The molecule has 0 spiro atoms. The van der Waals surface area contributed by atoms with Crippen LogP contribution in [0.15, 0.2) is 0 Å². The number of nitrogens with two attached hydrogens (primary N) is 3. The van der Waals surface area contributed by atoms with E-state index in [1.807, 2.05) is 13.8 Å². The van der Waals surface area contributed by atoms with Crippen LogP contribution >= 0.6 is 0 Å². The molecule has 0 rings (SSSR count). The van der Waals surface area contributed by atoms with Crippen molar-refractivity contribution in [2.75, 3.05) is 32.7 Å². The Labute approximate surface area is 99.3 Å². The molecule has 98 valence electrons. The van der Waals surface area contributed by atoms with Crippen molar-refractivity contribution in [1.82, 2.24) is 4.90 Å². The van der Waals surface area contributed by atoms with Crippen molar-refractivity contribution in [2.24, 2.45) is 17.2 Å². The smallest absolute Gasteiger partial charge is 0.236 e. The van der Waals surface area contributed by atoms with Crippen LogP contribution in [-0.2, 0) is 4.79 Å². The largest absolute Gasteiger partial charge is 0.342 e. The van der Waals surface area contributed by atoms with Crippen LogP contribution in [0.1, 0.15) is 33.1 Å². The molecule has 0 unspecified atom stereocenters. The Bertz CT molecular complexity index is 153. The van der Waals surface area contributed by atoms with E-state index in [1.165, 1.54) is 0 Å². The van der Waals surface area contributed by atoms with Gasteiger partial charge in [-0.1, -0.05) is 13.8 Å². The van der Waals surface area contributed by atoms with Crippen LogP contribution in [0.2, 0.25) is 0 Å². The van der Waals surface area contributed by atoms with Crippen molar-refractivity contribution in [3.63, 3.8) is 0 Å². The molecular weight excluding hydrogens is 204 g/mol. The number of hydrogen-bond acceptors (Lipinski definition) is 4. The normalized spacial score (nSPS) is 9.31. The van der Waals surface area contributed by atoms with Gasteiger partial charge in [-0.25, -0.2) is 0 Å². The molecule has 5 nitrogen and oxygen atoms in total. The minimum atomic E-state index is -0.00419. The maximum atomic E-state index is 11.3. The zero-order chi connectivity index (χ0) is 12.8. The summed E-state index contributed by atoms with van der Waals surface area (Å²) < 4.78 is 0. The summed E-state index contributed by atoms with van der Waals surface area (Å²) in [5.74, 6) is -0.00419. The Balaban J connectivity index is 0. The van der Waals surface area contributed by atoms with Gasteiger partial charge in [-0.15, -0.1) is 0 Å². The predicted octanol–water partition coefficient (Wildman–Crippen LogP) is -0.112. The van der Waals surface area contributed by atoms with E-state index in [1.54, 1.807) is 4.90 Å². The van der Waals surface area contributed by atoms with Crippen molar-refractivity contribution in [1.29, 1.82) is 0 Å². The first-order valence-corrected chi connectivity index (χ1v) is 6.14. The van der Waals surface area contributed by atoms with Gasteiger partial charge < -0.3 is 22.1 Å². The Hall–Kier alpha value is -0.650. The Morgan fingerprint density at radius 3 is 1.88 bits per heavy atom. The lowest BCUT2D eigenvalue weighted by Crippen LogP contribution is -2.38. The predicted molar refractivity (Wildman–Crippen MR) is 68.9 cm³/mol. The quantitative estimate of drug-likeness (QED) is 0.508. The zero-order valence-corrected chi connectivity index (χ0v) is 10.7. The molecular formula is C11H28N4O. The molecule has 0 aromatic carbocycles. The van der Waals surface area contributed by atoms with Crippen LogP contribution in [-0.4, -0.2) is 43.5 Å². The highest BCUT2D eigenvalue weighted by atomic mass is 16.2. The van der Waals surface area contributed by atoms with Gasteiger partial charge in [0, 0.05) is 13.1 Å². The Kier molecular flexibility index (Phi) is 15.9. The summed E-state index contributed by atoms with van der Waals surface area (Å²) in [6, 6.07) is 0. The average Bonchev–Trinajstić information content (AvgIpc) is 2.35. The molecule has 0 fully saturated rings. The highest BCUT2D eigenvalue weighted by molar-refractivity contribution is 5.77. The van der Waals surface area contributed by atoms with Gasteiger partial charge >= 0.3 is 0 Å². The summed E-state index contributed by atoms with van der Waals surface area (Å²) >= 11 is 0. The molecule has 0 aliphatic rings. The van der Waals surface area contributed by atoms with E-state index < -0.39 is 0 Å². The first kappa shape index (κ1) is 17.7. The van der Waals surface area contributed by atoms with Gasteiger partial charge in [-0.3, -0.25) is 4.79 Å². The van der Waals surface area contributed by atoms with Gasteiger partial charge in [-0.2, -0.15) is 0 Å². The van der Waals surface area contributed by atoms with Gasteiger partial charge in [0.2, 0.25) is 5.91 Å².